The first kappa shape index (κ1) is 14.8. The molecule has 1 aliphatic carbocycles. The van der Waals surface area contributed by atoms with Crippen LogP contribution in [0.2, 0.25) is 5.02 Å². The topological polar surface area (TPSA) is 32.3 Å². The molecule has 2 nitrogen and oxygen atoms in total. The predicted molar refractivity (Wildman–Crippen MR) is 80.7 cm³/mol. The Bertz CT molecular complexity index is 401. The van der Waals surface area contributed by atoms with E-state index < -0.39 is 0 Å². The first-order valence-corrected chi connectivity index (χ1v) is 7.60. The van der Waals surface area contributed by atoms with Crippen LogP contribution >= 0.6 is 11.6 Å². The van der Waals surface area contributed by atoms with Gasteiger partial charge < -0.3 is 10.4 Å². The Morgan fingerprint density at radius 2 is 2.00 bits per heavy atom. The summed E-state index contributed by atoms with van der Waals surface area (Å²) < 4.78 is 0. The molecule has 0 amide bonds. The van der Waals surface area contributed by atoms with Crippen molar-refractivity contribution in [2.45, 2.75) is 51.2 Å². The molecule has 1 fully saturated rings. The first-order valence-electron chi connectivity index (χ1n) is 7.22. The average Bonchev–Trinajstić information content (AvgIpc) is 2.28. The van der Waals surface area contributed by atoms with Crippen molar-refractivity contribution in [1.82, 2.24) is 5.32 Å². The fourth-order valence-electron chi connectivity index (χ4n) is 2.77. The normalized spacial score (nSPS) is 24.3. The van der Waals surface area contributed by atoms with Gasteiger partial charge in [0.15, 0.2) is 0 Å². The number of aliphatic hydroxyl groups excluding tert-OH is 1. The van der Waals surface area contributed by atoms with Gasteiger partial charge in [0.2, 0.25) is 0 Å². The molecule has 2 N–H and O–H groups in total. The summed E-state index contributed by atoms with van der Waals surface area (Å²) in [6.07, 6.45) is 2.89. The Kier molecular flexibility index (Phi) is 5.26. The van der Waals surface area contributed by atoms with Gasteiger partial charge in [-0.3, -0.25) is 0 Å². The molecule has 0 heterocycles. The van der Waals surface area contributed by atoms with E-state index in [-0.39, 0.29) is 6.10 Å². The van der Waals surface area contributed by atoms with Crippen LogP contribution in [0.4, 0.5) is 0 Å². The lowest BCUT2D eigenvalue weighted by molar-refractivity contribution is 0.133. The van der Waals surface area contributed by atoms with E-state index in [1.54, 1.807) is 0 Å². The van der Waals surface area contributed by atoms with Crippen molar-refractivity contribution in [2.24, 2.45) is 5.92 Å². The maximum atomic E-state index is 9.83. The second kappa shape index (κ2) is 6.74. The van der Waals surface area contributed by atoms with Gasteiger partial charge in [-0.05, 0) is 42.7 Å². The highest BCUT2D eigenvalue weighted by Gasteiger charge is 2.31. The maximum absolute atomic E-state index is 9.83. The molecular weight excluding hydrogens is 258 g/mol. The lowest BCUT2D eigenvalue weighted by Crippen LogP contribution is -2.43. The van der Waals surface area contributed by atoms with Gasteiger partial charge in [0.1, 0.15) is 0 Å². The summed E-state index contributed by atoms with van der Waals surface area (Å²) in [7, 11) is 0. The van der Waals surface area contributed by atoms with Crippen molar-refractivity contribution in [3.8, 4) is 0 Å². The van der Waals surface area contributed by atoms with Gasteiger partial charge in [0.25, 0.3) is 0 Å². The van der Waals surface area contributed by atoms with Gasteiger partial charge in [-0.2, -0.15) is 0 Å². The van der Waals surface area contributed by atoms with Gasteiger partial charge in [-0.25, -0.2) is 0 Å². The molecular formula is C16H24ClNO. The fourth-order valence-corrected chi connectivity index (χ4v) is 3.06. The van der Waals surface area contributed by atoms with Crippen LogP contribution in [0.5, 0.6) is 0 Å². The van der Waals surface area contributed by atoms with Crippen LogP contribution in [0.25, 0.3) is 0 Å². The van der Waals surface area contributed by atoms with Crippen molar-refractivity contribution in [2.75, 3.05) is 6.54 Å². The summed E-state index contributed by atoms with van der Waals surface area (Å²) in [5.74, 6) is 1.13. The molecule has 1 aromatic rings. The highest BCUT2D eigenvalue weighted by atomic mass is 35.5. The number of hydrogen-bond donors (Lipinski definition) is 2. The van der Waals surface area contributed by atoms with Gasteiger partial charge in [-0.1, -0.05) is 43.6 Å². The number of halogens is 1. The Labute approximate surface area is 121 Å². The van der Waals surface area contributed by atoms with E-state index in [1.807, 2.05) is 18.2 Å². The maximum Gasteiger partial charge on any atom is 0.0667 e. The van der Waals surface area contributed by atoms with E-state index in [9.17, 15) is 5.11 Å². The smallest absolute Gasteiger partial charge is 0.0667 e. The van der Waals surface area contributed by atoms with Crippen molar-refractivity contribution in [3.05, 3.63) is 34.9 Å². The molecule has 0 saturated heterocycles. The summed E-state index contributed by atoms with van der Waals surface area (Å²) in [5, 5.41) is 14.2. The molecule has 1 aromatic carbocycles. The molecule has 0 aromatic heterocycles. The predicted octanol–water partition coefficient (Wildman–Crippen LogP) is 3.58. The van der Waals surface area contributed by atoms with Crippen LogP contribution in [0, 0.1) is 5.92 Å². The van der Waals surface area contributed by atoms with Gasteiger partial charge in [-0.15, -0.1) is 0 Å². The zero-order valence-electron chi connectivity index (χ0n) is 11.8. The molecule has 1 atom stereocenters. The van der Waals surface area contributed by atoms with Crippen LogP contribution in [-0.4, -0.2) is 23.8 Å². The van der Waals surface area contributed by atoms with Crippen LogP contribution < -0.4 is 5.32 Å². The zero-order chi connectivity index (χ0) is 13.8. The molecule has 0 spiro atoms. The molecule has 0 bridgehead atoms. The Morgan fingerprint density at radius 1 is 1.32 bits per heavy atom. The van der Waals surface area contributed by atoms with E-state index in [1.165, 1.54) is 5.56 Å². The van der Waals surface area contributed by atoms with Crippen LogP contribution in [0.15, 0.2) is 24.3 Å². The minimum absolute atomic E-state index is 0.223. The molecule has 0 aliphatic heterocycles. The molecule has 106 valence electrons. The second-order valence-electron chi connectivity index (χ2n) is 6.08. The van der Waals surface area contributed by atoms with Crippen molar-refractivity contribution >= 4 is 11.6 Å². The van der Waals surface area contributed by atoms with Crippen molar-refractivity contribution < 1.29 is 5.11 Å². The summed E-state index contributed by atoms with van der Waals surface area (Å²) in [5.41, 5.74) is 1.27. The van der Waals surface area contributed by atoms with Crippen molar-refractivity contribution in [1.29, 1.82) is 0 Å². The summed E-state index contributed by atoms with van der Waals surface area (Å²) >= 11 is 6.20. The third-order valence-corrected chi connectivity index (χ3v) is 4.21. The minimum Gasteiger partial charge on any atom is -0.392 e. The molecule has 19 heavy (non-hydrogen) atoms. The molecule has 1 unspecified atom stereocenters. The number of nitrogens with one attached hydrogen (secondary N) is 1. The third kappa shape index (κ3) is 4.20. The van der Waals surface area contributed by atoms with Crippen LogP contribution in [-0.2, 0) is 0 Å². The highest BCUT2D eigenvalue weighted by molar-refractivity contribution is 6.31. The van der Waals surface area contributed by atoms with Crippen LogP contribution in [0.3, 0.4) is 0 Å². The van der Waals surface area contributed by atoms with Crippen molar-refractivity contribution in [3.63, 3.8) is 0 Å². The highest BCUT2D eigenvalue weighted by Crippen LogP contribution is 2.39. The van der Waals surface area contributed by atoms with E-state index in [4.69, 9.17) is 11.6 Å². The van der Waals surface area contributed by atoms with E-state index in [0.717, 1.165) is 24.3 Å². The third-order valence-electron chi connectivity index (χ3n) is 3.87. The van der Waals surface area contributed by atoms with E-state index in [2.05, 4.69) is 25.2 Å². The number of rotatable bonds is 6. The van der Waals surface area contributed by atoms with E-state index in [0.29, 0.717) is 24.4 Å². The average molecular weight is 282 g/mol. The summed E-state index contributed by atoms with van der Waals surface area (Å²) in [6.45, 7) is 4.98. The molecule has 1 saturated carbocycles. The monoisotopic (exact) mass is 281 g/mol. The lowest BCUT2D eigenvalue weighted by Gasteiger charge is -2.37. The van der Waals surface area contributed by atoms with E-state index >= 15 is 0 Å². The van der Waals surface area contributed by atoms with Gasteiger partial charge in [0.05, 0.1) is 6.10 Å². The fraction of sp³-hybridized carbons (Fsp3) is 0.625. The number of benzene rings is 1. The standard InChI is InChI=1S/C16H24ClNO/c1-11(2)7-14(19)10-18-13-8-12(9-13)15-5-3-4-6-16(15)17/h3-6,11-14,18-19H,7-10H2,1-2H3. The summed E-state index contributed by atoms with van der Waals surface area (Å²) in [4.78, 5) is 0. The Balaban J connectivity index is 1.71. The molecule has 1 aliphatic rings. The first-order chi connectivity index (χ1) is 9.06. The largest absolute Gasteiger partial charge is 0.392 e. The molecule has 0 radical (unpaired) electrons. The Hall–Kier alpha value is -0.570. The number of hydrogen-bond acceptors (Lipinski definition) is 2. The minimum atomic E-state index is -0.223. The Morgan fingerprint density at radius 3 is 2.63 bits per heavy atom. The number of aliphatic hydroxyl groups is 1. The SMILES string of the molecule is CC(C)CC(O)CNC1CC(c2ccccc2Cl)C1. The quantitative estimate of drug-likeness (QED) is 0.835. The zero-order valence-corrected chi connectivity index (χ0v) is 12.5. The molecule has 3 heteroatoms. The summed E-state index contributed by atoms with van der Waals surface area (Å²) in [6, 6.07) is 8.64. The van der Waals surface area contributed by atoms with Crippen LogP contribution in [0.1, 0.15) is 44.6 Å². The molecule has 2 rings (SSSR count). The second-order valence-corrected chi connectivity index (χ2v) is 6.49. The lowest BCUT2D eigenvalue weighted by atomic mass is 9.76. The van der Waals surface area contributed by atoms with Gasteiger partial charge >= 0.3 is 0 Å². The van der Waals surface area contributed by atoms with Gasteiger partial charge in [0, 0.05) is 17.6 Å².